The lowest BCUT2D eigenvalue weighted by Crippen LogP contribution is -2.28. The van der Waals surface area contributed by atoms with Crippen molar-refractivity contribution < 1.29 is 0 Å². The highest BCUT2D eigenvalue weighted by Crippen LogP contribution is 2.57. The third kappa shape index (κ3) is 6.02. The fourth-order valence-electron chi connectivity index (χ4n) is 10.1. The monoisotopic (exact) mass is 800 g/mol. The molecule has 0 bridgehead atoms. The van der Waals surface area contributed by atoms with E-state index >= 15 is 0 Å². The number of nitrogens with zero attached hydrogens (tertiary/aromatic N) is 2. The summed E-state index contributed by atoms with van der Waals surface area (Å²) in [4.78, 5) is 10.5. The van der Waals surface area contributed by atoms with Crippen LogP contribution in [0.2, 0.25) is 0 Å². The fourth-order valence-corrected chi connectivity index (χ4v) is 10.1. The summed E-state index contributed by atoms with van der Waals surface area (Å²) < 4.78 is 0. The molecule has 12 rings (SSSR count). The van der Waals surface area contributed by atoms with Crippen molar-refractivity contribution in [2.24, 2.45) is 0 Å². The van der Waals surface area contributed by atoms with Crippen LogP contribution in [0.3, 0.4) is 0 Å². The van der Waals surface area contributed by atoms with Gasteiger partial charge >= 0.3 is 0 Å². The standard InChI is InChI=1S/C61H40N2/c1-4-18-44(19-5-1)60-62-58(43-33-31-42(32-34-43)49-29-16-20-41-17-10-11-25-48(41)49)40-59(63-60)55-38-37-50(51-26-12-13-27-52(51)55)45-35-36-54-53-28-14-15-30-56(53)61(57(54)39-45,46-21-6-2-7-22-46)47-23-8-3-9-24-47/h1-40H. The second kappa shape index (κ2) is 15.1. The lowest BCUT2D eigenvalue weighted by molar-refractivity contribution is 0.769. The van der Waals surface area contributed by atoms with Crippen molar-refractivity contribution in [1.29, 1.82) is 0 Å². The van der Waals surface area contributed by atoms with Crippen molar-refractivity contribution >= 4 is 21.5 Å². The highest BCUT2D eigenvalue weighted by molar-refractivity contribution is 6.05. The summed E-state index contributed by atoms with van der Waals surface area (Å²) in [6, 6.07) is 87.8. The minimum atomic E-state index is -0.474. The zero-order valence-corrected chi connectivity index (χ0v) is 34.5. The third-order valence-electron chi connectivity index (χ3n) is 13.0. The molecule has 0 amide bonds. The molecule has 63 heavy (non-hydrogen) atoms. The van der Waals surface area contributed by atoms with Crippen molar-refractivity contribution in [3.63, 3.8) is 0 Å². The van der Waals surface area contributed by atoms with E-state index in [1.165, 1.54) is 71.8 Å². The van der Waals surface area contributed by atoms with Crippen LogP contribution in [0.4, 0.5) is 0 Å². The molecular formula is C61H40N2. The van der Waals surface area contributed by atoms with Crippen LogP contribution in [0.1, 0.15) is 22.3 Å². The zero-order chi connectivity index (χ0) is 41.7. The molecule has 0 unspecified atom stereocenters. The van der Waals surface area contributed by atoms with Crippen LogP contribution in [0.5, 0.6) is 0 Å². The van der Waals surface area contributed by atoms with Gasteiger partial charge in [0, 0.05) is 16.7 Å². The van der Waals surface area contributed by atoms with Gasteiger partial charge in [0.25, 0.3) is 0 Å². The molecule has 0 radical (unpaired) electrons. The van der Waals surface area contributed by atoms with Gasteiger partial charge in [-0.25, -0.2) is 9.97 Å². The highest BCUT2D eigenvalue weighted by atomic mass is 14.9. The Morgan fingerprint density at radius 3 is 1.51 bits per heavy atom. The van der Waals surface area contributed by atoms with E-state index in [0.717, 1.165) is 33.5 Å². The number of fused-ring (bicyclic) bond motifs is 5. The normalized spacial score (nSPS) is 12.6. The van der Waals surface area contributed by atoms with Crippen molar-refractivity contribution in [2.75, 3.05) is 0 Å². The molecule has 0 atom stereocenters. The second-order valence-electron chi connectivity index (χ2n) is 16.4. The average Bonchev–Trinajstić information content (AvgIpc) is 3.67. The molecule has 0 saturated carbocycles. The van der Waals surface area contributed by atoms with Gasteiger partial charge in [0.15, 0.2) is 5.82 Å². The summed E-state index contributed by atoms with van der Waals surface area (Å²) in [5.41, 5.74) is 16.8. The minimum Gasteiger partial charge on any atom is -0.228 e. The third-order valence-corrected chi connectivity index (χ3v) is 13.0. The Balaban J connectivity index is 1.01. The fraction of sp³-hybridized carbons (Fsp3) is 0.0164. The summed E-state index contributed by atoms with van der Waals surface area (Å²) in [5, 5.41) is 4.80. The van der Waals surface area contributed by atoms with Crippen LogP contribution in [0, 0.1) is 0 Å². The molecule has 2 nitrogen and oxygen atoms in total. The molecule has 1 aliphatic rings. The number of aromatic nitrogens is 2. The van der Waals surface area contributed by atoms with E-state index in [2.05, 4.69) is 224 Å². The van der Waals surface area contributed by atoms with Crippen LogP contribution in [0.25, 0.3) is 88.8 Å². The number of rotatable bonds is 7. The van der Waals surface area contributed by atoms with Gasteiger partial charge < -0.3 is 0 Å². The van der Waals surface area contributed by atoms with Crippen molar-refractivity contribution in [1.82, 2.24) is 9.97 Å². The average molecular weight is 801 g/mol. The van der Waals surface area contributed by atoms with Crippen LogP contribution in [0.15, 0.2) is 243 Å². The van der Waals surface area contributed by atoms with Gasteiger partial charge in [-0.05, 0) is 89.3 Å². The Labute approximate surface area is 367 Å². The molecule has 0 spiro atoms. The van der Waals surface area contributed by atoms with E-state index in [1.807, 2.05) is 18.2 Å². The summed E-state index contributed by atoms with van der Waals surface area (Å²) >= 11 is 0. The van der Waals surface area contributed by atoms with Crippen LogP contribution in [-0.2, 0) is 5.41 Å². The largest absolute Gasteiger partial charge is 0.228 e. The number of hydrogen-bond acceptors (Lipinski definition) is 2. The first-order chi connectivity index (χ1) is 31.2. The van der Waals surface area contributed by atoms with E-state index < -0.39 is 5.41 Å². The Hall–Kier alpha value is -8.20. The van der Waals surface area contributed by atoms with E-state index in [-0.39, 0.29) is 0 Å². The molecule has 11 aromatic rings. The maximum atomic E-state index is 5.30. The summed E-state index contributed by atoms with van der Waals surface area (Å²) in [6.45, 7) is 0. The molecular weight excluding hydrogens is 761 g/mol. The van der Waals surface area contributed by atoms with Crippen LogP contribution in [-0.4, -0.2) is 9.97 Å². The topological polar surface area (TPSA) is 25.8 Å². The van der Waals surface area contributed by atoms with Crippen LogP contribution < -0.4 is 0 Å². The Morgan fingerprint density at radius 1 is 0.270 bits per heavy atom. The first kappa shape index (κ1) is 36.6. The van der Waals surface area contributed by atoms with Crippen molar-refractivity contribution in [2.45, 2.75) is 5.41 Å². The molecule has 1 aliphatic carbocycles. The first-order valence-electron chi connectivity index (χ1n) is 21.6. The second-order valence-corrected chi connectivity index (χ2v) is 16.4. The molecule has 294 valence electrons. The zero-order valence-electron chi connectivity index (χ0n) is 34.5. The van der Waals surface area contributed by atoms with Gasteiger partial charge in [-0.15, -0.1) is 0 Å². The quantitative estimate of drug-likeness (QED) is 0.160. The summed E-state index contributed by atoms with van der Waals surface area (Å²) in [7, 11) is 0. The summed E-state index contributed by atoms with van der Waals surface area (Å²) in [5.74, 6) is 0.700. The Bertz CT molecular complexity index is 3440. The van der Waals surface area contributed by atoms with E-state index in [9.17, 15) is 0 Å². The Kier molecular flexibility index (Phi) is 8.76. The van der Waals surface area contributed by atoms with Gasteiger partial charge in [-0.2, -0.15) is 0 Å². The Morgan fingerprint density at radius 2 is 0.762 bits per heavy atom. The van der Waals surface area contributed by atoms with Gasteiger partial charge in [0.2, 0.25) is 0 Å². The van der Waals surface area contributed by atoms with E-state index in [1.54, 1.807) is 0 Å². The van der Waals surface area contributed by atoms with Crippen molar-refractivity contribution in [3.05, 3.63) is 265 Å². The van der Waals surface area contributed by atoms with Crippen molar-refractivity contribution in [3.8, 4) is 67.3 Å². The lowest BCUT2D eigenvalue weighted by Gasteiger charge is -2.34. The highest BCUT2D eigenvalue weighted by Gasteiger charge is 2.46. The molecule has 0 saturated heterocycles. The van der Waals surface area contributed by atoms with Gasteiger partial charge in [-0.1, -0.05) is 231 Å². The summed E-state index contributed by atoms with van der Waals surface area (Å²) in [6.07, 6.45) is 0. The maximum Gasteiger partial charge on any atom is 0.160 e. The molecule has 0 N–H and O–H groups in total. The minimum absolute atomic E-state index is 0.474. The molecule has 0 aliphatic heterocycles. The van der Waals surface area contributed by atoms with Gasteiger partial charge in [-0.3, -0.25) is 0 Å². The van der Waals surface area contributed by atoms with Gasteiger partial charge in [0.05, 0.1) is 16.8 Å². The predicted molar refractivity (Wildman–Crippen MR) is 262 cm³/mol. The van der Waals surface area contributed by atoms with E-state index in [4.69, 9.17) is 9.97 Å². The van der Waals surface area contributed by atoms with Crippen LogP contribution >= 0.6 is 0 Å². The van der Waals surface area contributed by atoms with Gasteiger partial charge in [0.1, 0.15) is 0 Å². The SMILES string of the molecule is c1ccc(-c2nc(-c3ccc(-c4cccc5ccccc45)cc3)cc(-c3ccc(-c4ccc5c(c4)C(c4ccccc4)(c4ccccc4)c4ccccc4-5)c4ccccc34)n2)cc1. The number of benzene rings is 10. The molecule has 2 heteroatoms. The smallest absolute Gasteiger partial charge is 0.160 e. The molecule has 10 aromatic carbocycles. The maximum absolute atomic E-state index is 5.30. The first-order valence-corrected chi connectivity index (χ1v) is 21.6. The van der Waals surface area contributed by atoms with E-state index in [0.29, 0.717) is 5.82 Å². The molecule has 0 fully saturated rings. The lowest BCUT2D eigenvalue weighted by atomic mass is 9.67. The molecule has 1 aromatic heterocycles. The predicted octanol–water partition coefficient (Wildman–Crippen LogP) is 15.5. The molecule has 1 heterocycles. The number of hydrogen-bond donors (Lipinski definition) is 0.